The molecule has 1 unspecified atom stereocenters. The van der Waals surface area contributed by atoms with E-state index in [-0.39, 0.29) is 19.4 Å². The lowest BCUT2D eigenvalue weighted by Gasteiger charge is -2.24. The molecule has 0 saturated heterocycles. The molecule has 0 aliphatic heterocycles. The highest BCUT2D eigenvalue weighted by atomic mass is 16.5. The van der Waals surface area contributed by atoms with Gasteiger partial charge in [-0.3, -0.25) is 4.90 Å². The number of hydrogen-bond acceptors (Lipinski definition) is 6. The van der Waals surface area contributed by atoms with Crippen molar-refractivity contribution >= 4 is 11.0 Å². The van der Waals surface area contributed by atoms with Crippen molar-refractivity contribution in [3.63, 3.8) is 0 Å². The number of benzene rings is 1. The number of rotatable bonds is 11. The normalized spacial score (nSPS) is 12.8. The number of nitrogens with zero attached hydrogens (tertiary/aromatic N) is 4. The van der Waals surface area contributed by atoms with E-state index in [4.69, 9.17) is 14.9 Å². The Hall–Kier alpha value is -1.80. The van der Waals surface area contributed by atoms with E-state index in [9.17, 15) is 0 Å². The van der Waals surface area contributed by atoms with E-state index in [1.54, 1.807) is 10.8 Å². The molecule has 1 heterocycles. The Morgan fingerprint density at radius 1 is 1.22 bits per heavy atom. The summed E-state index contributed by atoms with van der Waals surface area (Å²) in [4.78, 5) is 1.99. The van der Waals surface area contributed by atoms with E-state index in [2.05, 4.69) is 16.9 Å². The lowest BCUT2D eigenvalue weighted by Crippen LogP contribution is -2.32. The fraction of sp³-hybridized carbons (Fsp3) is 0.500. The molecule has 0 amide bonds. The van der Waals surface area contributed by atoms with Crippen molar-refractivity contribution in [3.8, 4) is 0 Å². The van der Waals surface area contributed by atoms with Crippen molar-refractivity contribution in [3.05, 3.63) is 36.9 Å². The van der Waals surface area contributed by atoms with Gasteiger partial charge in [-0.15, -0.1) is 11.7 Å². The lowest BCUT2D eigenvalue weighted by atomic mass is 10.3. The third kappa shape index (κ3) is 4.84. The van der Waals surface area contributed by atoms with Gasteiger partial charge in [0, 0.05) is 26.1 Å². The second kappa shape index (κ2) is 9.36. The van der Waals surface area contributed by atoms with Gasteiger partial charge in [0.05, 0.1) is 25.3 Å². The SMILES string of the molecule is C=CCOC(CCN(CCO)CCO)n1nnc2ccccc21. The molecule has 1 aromatic carbocycles. The first-order valence-electron chi connectivity index (χ1n) is 7.76. The first-order chi connectivity index (χ1) is 11.3. The zero-order valence-electron chi connectivity index (χ0n) is 13.2. The highest BCUT2D eigenvalue weighted by Crippen LogP contribution is 2.19. The van der Waals surface area contributed by atoms with E-state index in [1.165, 1.54) is 0 Å². The van der Waals surface area contributed by atoms with Crippen LogP contribution >= 0.6 is 0 Å². The Morgan fingerprint density at radius 2 is 1.96 bits per heavy atom. The molecule has 0 aliphatic rings. The molecule has 2 aromatic rings. The van der Waals surface area contributed by atoms with Crippen LogP contribution in [-0.2, 0) is 4.74 Å². The molecule has 0 saturated carbocycles. The minimum absolute atomic E-state index is 0.0600. The number of hydrogen-bond donors (Lipinski definition) is 2. The van der Waals surface area contributed by atoms with Crippen molar-refractivity contribution in [2.75, 3.05) is 39.5 Å². The average Bonchev–Trinajstić information content (AvgIpc) is 2.99. The number of ether oxygens (including phenoxy) is 1. The van der Waals surface area contributed by atoms with Crippen molar-refractivity contribution in [2.24, 2.45) is 0 Å². The number of fused-ring (bicyclic) bond motifs is 1. The van der Waals surface area contributed by atoms with E-state index >= 15 is 0 Å². The summed E-state index contributed by atoms with van der Waals surface area (Å²) in [5.41, 5.74) is 1.74. The van der Waals surface area contributed by atoms with E-state index < -0.39 is 0 Å². The van der Waals surface area contributed by atoms with Crippen LogP contribution in [0.5, 0.6) is 0 Å². The van der Waals surface area contributed by atoms with Crippen LogP contribution in [0.25, 0.3) is 11.0 Å². The summed E-state index contributed by atoms with van der Waals surface area (Å²) in [6, 6.07) is 7.73. The standard InChI is InChI=1S/C16H24N4O3/c1-2-13-23-16(7-8-19(9-11-21)10-12-22)20-15-6-4-3-5-14(15)17-18-20/h2-6,16,21-22H,1,7-13H2. The number of aliphatic hydroxyl groups excluding tert-OH is 2. The predicted molar refractivity (Wildman–Crippen MR) is 87.9 cm³/mol. The van der Waals surface area contributed by atoms with E-state index in [0.717, 1.165) is 11.0 Å². The van der Waals surface area contributed by atoms with Crippen LogP contribution in [0.1, 0.15) is 12.6 Å². The molecule has 23 heavy (non-hydrogen) atoms. The minimum Gasteiger partial charge on any atom is -0.395 e. The molecule has 7 heteroatoms. The number of para-hydroxylation sites is 1. The van der Waals surface area contributed by atoms with Gasteiger partial charge in [0.1, 0.15) is 5.52 Å². The number of aromatic nitrogens is 3. The fourth-order valence-corrected chi connectivity index (χ4v) is 2.47. The molecule has 0 fully saturated rings. The molecule has 1 atom stereocenters. The van der Waals surface area contributed by atoms with Crippen molar-refractivity contribution in [1.29, 1.82) is 0 Å². The molecule has 0 spiro atoms. The molecule has 1 aromatic heterocycles. The summed E-state index contributed by atoms with van der Waals surface area (Å²) < 4.78 is 7.61. The Kier molecular flexibility index (Phi) is 7.15. The molecule has 0 bridgehead atoms. The summed E-state index contributed by atoms with van der Waals surface area (Å²) in [6.45, 7) is 5.94. The molecule has 2 rings (SSSR count). The Bertz CT molecular complexity index is 596. The molecule has 0 aliphatic carbocycles. The fourth-order valence-electron chi connectivity index (χ4n) is 2.47. The van der Waals surface area contributed by atoms with Gasteiger partial charge in [0.2, 0.25) is 0 Å². The molecule has 126 valence electrons. The van der Waals surface area contributed by atoms with Gasteiger partial charge < -0.3 is 14.9 Å². The van der Waals surface area contributed by atoms with Crippen LogP contribution in [0.2, 0.25) is 0 Å². The molecule has 7 nitrogen and oxygen atoms in total. The Balaban J connectivity index is 2.11. The zero-order valence-corrected chi connectivity index (χ0v) is 13.2. The summed E-state index contributed by atoms with van der Waals surface area (Å²) in [7, 11) is 0. The molecule has 2 N–H and O–H groups in total. The largest absolute Gasteiger partial charge is 0.395 e. The van der Waals surface area contributed by atoms with Crippen LogP contribution in [0.15, 0.2) is 36.9 Å². The minimum atomic E-state index is -0.278. The monoisotopic (exact) mass is 320 g/mol. The van der Waals surface area contributed by atoms with E-state index in [1.807, 2.05) is 29.2 Å². The van der Waals surface area contributed by atoms with Gasteiger partial charge in [0.25, 0.3) is 0 Å². The lowest BCUT2D eigenvalue weighted by molar-refractivity contribution is -0.00224. The van der Waals surface area contributed by atoms with E-state index in [0.29, 0.717) is 32.7 Å². The summed E-state index contributed by atoms with van der Waals surface area (Å²) in [5, 5.41) is 26.6. The van der Waals surface area contributed by atoms with Gasteiger partial charge in [-0.05, 0) is 12.1 Å². The van der Waals surface area contributed by atoms with Crippen LogP contribution in [-0.4, -0.2) is 69.6 Å². The highest BCUT2D eigenvalue weighted by Gasteiger charge is 2.17. The third-order valence-electron chi connectivity index (χ3n) is 3.58. The molecule has 0 radical (unpaired) electrons. The smallest absolute Gasteiger partial charge is 0.154 e. The number of aliphatic hydroxyl groups is 2. The Labute approximate surface area is 135 Å². The van der Waals surface area contributed by atoms with Gasteiger partial charge in [-0.25, -0.2) is 4.68 Å². The third-order valence-corrected chi connectivity index (χ3v) is 3.58. The average molecular weight is 320 g/mol. The quantitative estimate of drug-likeness (QED) is 0.596. The maximum absolute atomic E-state index is 9.10. The second-order valence-electron chi connectivity index (χ2n) is 5.18. The predicted octanol–water partition coefficient (Wildman–Crippen LogP) is 0.809. The summed E-state index contributed by atoms with van der Waals surface area (Å²) in [6.07, 6.45) is 2.09. The molecular weight excluding hydrogens is 296 g/mol. The second-order valence-corrected chi connectivity index (χ2v) is 5.18. The van der Waals surface area contributed by atoms with Crippen LogP contribution < -0.4 is 0 Å². The van der Waals surface area contributed by atoms with Crippen molar-refractivity contribution < 1.29 is 14.9 Å². The van der Waals surface area contributed by atoms with Crippen LogP contribution in [0, 0.1) is 0 Å². The maximum atomic E-state index is 9.10. The van der Waals surface area contributed by atoms with Gasteiger partial charge in [-0.2, -0.15) is 0 Å². The first kappa shape index (κ1) is 17.6. The highest BCUT2D eigenvalue weighted by molar-refractivity contribution is 5.73. The van der Waals surface area contributed by atoms with Crippen molar-refractivity contribution in [2.45, 2.75) is 12.6 Å². The topological polar surface area (TPSA) is 83.6 Å². The van der Waals surface area contributed by atoms with Gasteiger partial charge in [-0.1, -0.05) is 23.4 Å². The summed E-state index contributed by atoms with van der Waals surface area (Å²) in [5.74, 6) is 0. The van der Waals surface area contributed by atoms with Crippen molar-refractivity contribution in [1.82, 2.24) is 19.9 Å². The molecular formula is C16H24N4O3. The maximum Gasteiger partial charge on any atom is 0.154 e. The van der Waals surface area contributed by atoms with Gasteiger partial charge >= 0.3 is 0 Å². The zero-order chi connectivity index (χ0) is 16.5. The van der Waals surface area contributed by atoms with Gasteiger partial charge in [0.15, 0.2) is 6.23 Å². The van der Waals surface area contributed by atoms with Crippen LogP contribution in [0.4, 0.5) is 0 Å². The van der Waals surface area contributed by atoms with Crippen LogP contribution in [0.3, 0.4) is 0 Å². The first-order valence-corrected chi connectivity index (χ1v) is 7.76. The summed E-state index contributed by atoms with van der Waals surface area (Å²) >= 11 is 0. The Morgan fingerprint density at radius 3 is 2.65 bits per heavy atom.